The molecule has 1 rings (SSSR count). The molecule has 0 radical (unpaired) electrons. The van der Waals surface area contributed by atoms with Crippen LogP contribution in [0.15, 0.2) is 47.1 Å². The SMILES string of the molecule is CC(C)=CCCC(C)=CCCC(=O)CCCC(C)=CCc1cc(O)cc(C)c1O. The highest BCUT2D eigenvalue weighted by atomic mass is 16.3. The predicted octanol–water partition coefficient (Wildman–Crippen LogP) is 7.11. The van der Waals surface area contributed by atoms with Crippen LogP contribution in [0.2, 0.25) is 0 Å². The van der Waals surface area contributed by atoms with Crippen molar-refractivity contribution in [2.24, 2.45) is 0 Å². The molecule has 0 aliphatic rings. The van der Waals surface area contributed by atoms with Crippen molar-refractivity contribution in [1.82, 2.24) is 0 Å². The summed E-state index contributed by atoms with van der Waals surface area (Å²) in [5.41, 5.74) is 5.32. The number of phenols is 2. The van der Waals surface area contributed by atoms with Gasteiger partial charge in [0.2, 0.25) is 0 Å². The van der Waals surface area contributed by atoms with E-state index in [0.717, 1.165) is 37.7 Å². The van der Waals surface area contributed by atoms with Crippen LogP contribution in [0, 0.1) is 6.92 Å². The molecular formula is C26H38O3. The molecule has 0 bridgehead atoms. The van der Waals surface area contributed by atoms with Crippen molar-refractivity contribution < 1.29 is 15.0 Å². The molecule has 0 atom stereocenters. The van der Waals surface area contributed by atoms with E-state index >= 15 is 0 Å². The average molecular weight is 399 g/mol. The molecule has 2 N–H and O–H groups in total. The van der Waals surface area contributed by atoms with E-state index in [1.54, 1.807) is 19.1 Å². The van der Waals surface area contributed by atoms with Crippen molar-refractivity contribution in [3.8, 4) is 11.5 Å². The summed E-state index contributed by atoms with van der Waals surface area (Å²) in [4.78, 5) is 12.1. The zero-order valence-electron chi connectivity index (χ0n) is 18.8. The fraction of sp³-hybridized carbons (Fsp3) is 0.500. The van der Waals surface area contributed by atoms with E-state index in [0.29, 0.717) is 30.6 Å². The van der Waals surface area contributed by atoms with Crippen LogP contribution in [0.4, 0.5) is 0 Å². The number of hydrogen-bond donors (Lipinski definition) is 2. The molecule has 160 valence electrons. The van der Waals surface area contributed by atoms with Gasteiger partial charge in [-0.1, -0.05) is 34.9 Å². The summed E-state index contributed by atoms with van der Waals surface area (Å²) in [7, 11) is 0. The molecule has 0 aromatic heterocycles. The lowest BCUT2D eigenvalue weighted by Gasteiger charge is -2.07. The standard InChI is InChI=1S/C26H38O3/c1-19(2)9-6-10-20(3)11-7-13-24(27)14-8-12-21(4)15-16-23-18-25(28)17-22(5)26(23)29/h9,11,15,17-18,28-29H,6-8,10,12-14,16H2,1-5H3. The molecule has 3 nitrogen and oxygen atoms in total. The van der Waals surface area contributed by atoms with Gasteiger partial charge in [0.05, 0.1) is 0 Å². The number of allylic oxidation sites excluding steroid dienone is 6. The number of carbonyl (C=O) groups excluding carboxylic acids is 1. The van der Waals surface area contributed by atoms with Gasteiger partial charge in [0.15, 0.2) is 0 Å². The van der Waals surface area contributed by atoms with Crippen molar-refractivity contribution in [3.05, 3.63) is 58.2 Å². The van der Waals surface area contributed by atoms with E-state index in [1.807, 2.05) is 0 Å². The van der Waals surface area contributed by atoms with Gasteiger partial charge in [-0.25, -0.2) is 0 Å². The first-order chi connectivity index (χ1) is 13.7. The highest BCUT2D eigenvalue weighted by molar-refractivity contribution is 5.78. The zero-order chi connectivity index (χ0) is 21.8. The Kier molecular flexibility index (Phi) is 11.1. The highest BCUT2D eigenvalue weighted by Gasteiger charge is 2.06. The minimum Gasteiger partial charge on any atom is -0.508 e. The van der Waals surface area contributed by atoms with Crippen molar-refractivity contribution in [2.45, 2.75) is 86.0 Å². The number of rotatable bonds is 12. The van der Waals surface area contributed by atoms with E-state index in [4.69, 9.17) is 0 Å². The molecule has 0 saturated carbocycles. The van der Waals surface area contributed by atoms with Crippen LogP contribution in [-0.4, -0.2) is 16.0 Å². The van der Waals surface area contributed by atoms with Crippen LogP contribution in [-0.2, 0) is 11.2 Å². The Labute approximate surface area is 176 Å². The predicted molar refractivity (Wildman–Crippen MR) is 122 cm³/mol. The van der Waals surface area contributed by atoms with Crippen molar-refractivity contribution in [2.75, 3.05) is 0 Å². The van der Waals surface area contributed by atoms with Gasteiger partial charge >= 0.3 is 0 Å². The third kappa shape index (κ3) is 10.7. The van der Waals surface area contributed by atoms with Crippen LogP contribution < -0.4 is 0 Å². The summed E-state index contributed by atoms with van der Waals surface area (Å²) in [5.74, 6) is 0.742. The van der Waals surface area contributed by atoms with E-state index in [9.17, 15) is 15.0 Å². The van der Waals surface area contributed by atoms with Crippen LogP contribution in [0.1, 0.15) is 83.8 Å². The van der Waals surface area contributed by atoms with E-state index in [2.05, 4.69) is 45.9 Å². The van der Waals surface area contributed by atoms with E-state index < -0.39 is 0 Å². The zero-order valence-corrected chi connectivity index (χ0v) is 18.8. The average Bonchev–Trinajstić information content (AvgIpc) is 2.63. The fourth-order valence-corrected chi connectivity index (χ4v) is 3.23. The van der Waals surface area contributed by atoms with Gasteiger partial charge in [0, 0.05) is 18.4 Å². The van der Waals surface area contributed by atoms with Gasteiger partial charge in [0.25, 0.3) is 0 Å². The lowest BCUT2D eigenvalue weighted by Crippen LogP contribution is -1.97. The maximum absolute atomic E-state index is 12.1. The van der Waals surface area contributed by atoms with Crippen LogP contribution in [0.25, 0.3) is 0 Å². The molecule has 1 aromatic carbocycles. The Hall–Kier alpha value is -2.29. The summed E-state index contributed by atoms with van der Waals surface area (Å²) in [6.45, 7) is 10.2. The summed E-state index contributed by atoms with van der Waals surface area (Å²) < 4.78 is 0. The molecule has 0 fully saturated rings. The summed E-state index contributed by atoms with van der Waals surface area (Å²) in [6.07, 6.45) is 13.1. The molecular weight excluding hydrogens is 360 g/mol. The number of hydrogen-bond acceptors (Lipinski definition) is 3. The summed E-state index contributed by atoms with van der Waals surface area (Å²) in [5, 5.41) is 19.8. The first-order valence-electron chi connectivity index (χ1n) is 10.7. The van der Waals surface area contributed by atoms with Crippen LogP contribution in [0.3, 0.4) is 0 Å². The number of benzene rings is 1. The summed E-state index contributed by atoms with van der Waals surface area (Å²) >= 11 is 0. The molecule has 0 saturated heterocycles. The van der Waals surface area contributed by atoms with Crippen LogP contribution in [0.5, 0.6) is 11.5 Å². The lowest BCUT2D eigenvalue weighted by atomic mass is 10.0. The number of aryl methyl sites for hydroxylation is 1. The molecule has 1 aromatic rings. The van der Waals surface area contributed by atoms with Crippen LogP contribution >= 0.6 is 0 Å². The first-order valence-corrected chi connectivity index (χ1v) is 10.7. The molecule has 0 spiro atoms. The normalized spacial score (nSPS) is 12.2. The van der Waals surface area contributed by atoms with Gasteiger partial charge in [-0.15, -0.1) is 0 Å². The Bertz CT molecular complexity index is 762. The molecule has 0 aliphatic heterocycles. The fourth-order valence-electron chi connectivity index (χ4n) is 3.23. The second kappa shape index (κ2) is 13.0. The number of carbonyl (C=O) groups is 1. The van der Waals surface area contributed by atoms with Crippen molar-refractivity contribution in [1.29, 1.82) is 0 Å². The minimum atomic E-state index is 0.174. The third-order valence-electron chi connectivity index (χ3n) is 5.07. The van der Waals surface area contributed by atoms with Gasteiger partial charge in [0.1, 0.15) is 17.3 Å². The molecule has 29 heavy (non-hydrogen) atoms. The Balaban J connectivity index is 2.31. The maximum Gasteiger partial charge on any atom is 0.133 e. The smallest absolute Gasteiger partial charge is 0.133 e. The monoisotopic (exact) mass is 398 g/mol. The number of ketones is 1. The van der Waals surface area contributed by atoms with Gasteiger partial charge in [-0.3, -0.25) is 4.79 Å². The Morgan fingerprint density at radius 3 is 2.21 bits per heavy atom. The summed E-state index contributed by atoms with van der Waals surface area (Å²) in [6, 6.07) is 3.16. The minimum absolute atomic E-state index is 0.174. The first kappa shape index (κ1) is 24.7. The molecule has 3 heteroatoms. The van der Waals surface area contributed by atoms with Gasteiger partial charge in [-0.05, 0) is 90.8 Å². The van der Waals surface area contributed by atoms with Gasteiger partial charge in [-0.2, -0.15) is 0 Å². The molecule has 0 unspecified atom stereocenters. The number of Topliss-reactive ketones (excluding diaryl/α,β-unsaturated/α-hetero) is 1. The third-order valence-corrected chi connectivity index (χ3v) is 5.07. The van der Waals surface area contributed by atoms with Crippen molar-refractivity contribution in [3.63, 3.8) is 0 Å². The molecule has 0 aliphatic carbocycles. The molecule has 0 amide bonds. The number of aromatic hydroxyl groups is 2. The topological polar surface area (TPSA) is 57.5 Å². The second-order valence-corrected chi connectivity index (χ2v) is 8.33. The van der Waals surface area contributed by atoms with E-state index in [1.165, 1.54) is 16.7 Å². The van der Waals surface area contributed by atoms with Crippen molar-refractivity contribution >= 4 is 5.78 Å². The lowest BCUT2D eigenvalue weighted by molar-refractivity contribution is -0.119. The quantitative estimate of drug-likeness (QED) is 0.291. The maximum atomic E-state index is 12.1. The highest BCUT2D eigenvalue weighted by Crippen LogP contribution is 2.28. The van der Waals surface area contributed by atoms with E-state index in [-0.39, 0.29) is 11.5 Å². The van der Waals surface area contributed by atoms with Gasteiger partial charge < -0.3 is 10.2 Å². The Morgan fingerprint density at radius 1 is 0.862 bits per heavy atom. The Morgan fingerprint density at radius 2 is 1.52 bits per heavy atom. The largest absolute Gasteiger partial charge is 0.508 e. The second-order valence-electron chi connectivity index (χ2n) is 8.33. The molecule has 0 heterocycles. The number of phenolic OH excluding ortho intramolecular Hbond substituents is 2.